The zero-order valence-corrected chi connectivity index (χ0v) is 17.1. The maximum absolute atomic E-state index is 13.4. The number of aromatic nitrogens is 1. The fourth-order valence-electron chi connectivity index (χ4n) is 5.06. The Kier molecular flexibility index (Phi) is 4.81. The molecule has 0 aliphatic carbocycles. The number of carbonyl (C=O) groups is 2. The Hall–Kier alpha value is -3.08. The number of likely N-dealkylation sites (tertiary alicyclic amines) is 2. The van der Waals surface area contributed by atoms with Crippen LogP contribution in [-0.2, 0) is 11.2 Å². The minimum atomic E-state index is -0.406. The first-order chi connectivity index (χ1) is 14.6. The van der Waals surface area contributed by atoms with Crippen molar-refractivity contribution in [2.45, 2.75) is 25.7 Å². The van der Waals surface area contributed by atoms with E-state index in [-0.39, 0.29) is 11.8 Å². The fourth-order valence-corrected chi connectivity index (χ4v) is 5.06. The molecule has 0 unspecified atom stereocenters. The molecule has 3 aromatic rings. The molecule has 1 aromatic heterocycles. The highest BCUT2D eigenvalue weighted by Gasteiger charge is 2.49. The van der Waals surface area contributed by atoms with E-state index in [9.17, 15) is 9.59 Å². The minimum Gasteiger partial charge on any atom is -0.351 e. The van der Waals surface area contributed by atoms with E-state index in [1.807, 2.05) is 58.3 Å². The highest BCUT2D eigenvalue weighted by molar-refractivity contribution is 5.98. The number of para-hydroxylation sites is 1. The summed E-state index contributed by atoms with van der Waals surface area (Å²) in [5.74, 6) is 0.230. The molecular formula is C25H27N3O2. The largest absolute Gasteiger partial charge is 0.351 e. The second kappa shape index (κ2) is 7.63. The molecule has 3 heterocycles. The Labute approximate surface area is 176 Å². The van der Waals surface area contributed by atoms with Crippen LogP contribution in [0.1, 0.15) is 35.3 Å². The van der Waals surface area contributed by atoms with Crippen molar-refractivity contribution in [1.82, 2.24) is 14.8 Å². The minimum absolute atomic E-state index is 0.00251. The van der Waals surface area contributed by atoms with Gasteiger partial charge in [0.05, 0.1) is 5.41 Å². The van der Waals surface area contributed by atoms with Crippen LogP contribution < -0.4 is 0 Å². The number of benzene rings is 2. The van der Waals surface area contributed by atoms with E-state index >= 15 is 0 Å². The Bertz CT molecular complexity index is 1040. The molecule has 1 spiro atoms. The molecule has 30 heavy (non-hydrogen) atoms. The average Bonchev–Trinajstić information content (AvgIpc) is 3.40. The van der Waals surface area contributed by atoms with Crippen molar-refractivity contribution in [1.29, 1.82) is 0 Å². The first-order valence-corrected chi connectivity index (χ1v) is 10.8. The molecule has 1 atom stereocenters. The van der Waals surface area contributed by atoms with Gasteiger partial charge in [0.15, 0.2) is 0 Å². The summed E-state index contributed by atoms with van der Waals surface area (Å²) in [5.41, 5.74) is 2.43. The molecule has 2 aromatic carbocycles. The van der Waals surface area contributed by atoms with Crippen molar-refractivity contribution in [3.63, 3.8) is 0 Å². The van der Waals surface area contributed by atoms with Crippen molar-refractivity contribution in [2.24, 2.45) is 5.41 Å². The van der Waals surface area contributed by atoms with Crippen molar-refractivity contribution in [2.75, 3.05) is 26.2 Å². The van der Waals surface area contributed by atoms with Crippen LogP contribution in [0.5, 0.6) is 0 Å². The number of fused-ring (bicyclic) bond motifs is 1. The lowest BCUT2D eigenvalue weighted by molar-refractivity contribution is -0.145. The monoisotopic (exact) mass is 401 g/mol. The summed E-state index contributed by atoms with van der Waals surface area (Å²) in [6.07, 6.45) is 3.53. The van der Waals surface area contributed by atoms with Crippen LogP contribution in [0.3, 0.4) is 0 Å². The smallest absolute Gasteiger partial charge is 0.270 e. The lowest BCUT2D eigenvalue weighted by Gasteiger charge is -2.39. The lowest BCUT2D eigenvalue weighted by Crippen LogP contribution is -2.50. The molecule has 2 aliphatic heterocycles. The molecule has 5 heteroatoms. The van der Waals surface area contributed by atoms with Gasteiger partial charge in [-0.15, -0.1) is 0 Å². The molecule has 5 nitrogen and oxygen atoms in total. The van der Waals surface area contributed by atoms with Gasteiger partial charge in [0.25, 0.3) is 5.91 Å². The van der Waals surface area contributed by atoms with Crippen LogP contribution in [0.4, 0.5) is 0 Å². The molecule has 2 fully saturated rings. The third kappa shape index (κ3) is 3.38. The predicted octanol–water partition coefficient (Wildman–Crippen LogP) is 3.87. The van der Waals surface area contributed by atoms with E-state index < -0.39 is 5.41 Å². The summed E-state index contributed by atoms with van der Waals surface area (Å²) in [5, 5.41) is 1.04. The molecule has 2 aliphatic rings. The van der Waals surface area contributed by atoms with Crippen molar-refractivity contribution in [3.05, 3.63) is 71.9 Å². The van der Waals surface area contributed by atoms with E-state index in [2.05, 4.69) is 17.1 Å². The molecule has 5 rings (SSSR count). The molecule has 0 saturated carbocycles. The first-order valence-electron chi connectivity index (χ1n) is 10.8. The summed E-state index contributed by atoms with van der Waals surface area (Å²) in [4.78, 5) is 33.6. The molecule has 2 saturated heterocycles. The van der Waals surface area contributed by atoms with E-state index in [0.29, 0.717) is 18.8 Å². The number of hydrogen-bond acceptors (Lipinski definition) is 2. The SMILES string of the molecule is O=C(c1cc2ccccc2[nH]1)N1CC[C@@]2(CCCN(CCc3ccccc3)C2=O)C1. The molecule has 154 valence electrons. The van der Waals surface area contributed by atoms with Crippen molar-refractivity contribution >= 4 is 22.7 Å². The van der Waals surface area contributed by atoms with Gasteiger partial charge in [0.2, 0.25) is 5.91 Å². The van der Waals surface area contributed by atoms with E-state index in [1.54, 1.807) is 0 Å². The van der Waals surface area contributed by atoms with Crippen LogP contribution in [0.15, 0.2) is 60.7 Å². The predicted molar refractivity (Wildman–Crippen MR) is 117 cm³/mol. The zero-order valence-electron chi connectivity index (χ0n) is 17.1. The Balaban J connectivity index is 1.28. The maximum Gasteiger partial charge on any atom is 0.270 e. The second-order valence-electron chi connectivity index (χ2n) is 8.66. The van der Waals surface area contributed by atoms with Gasteiger partial charge in [-0.3, -0.25) is 9.59 Å². The lowest BCUT2D eigenvalue weighted by atomic mass is 9.78. The summed E-state index contributed by atoms with van der Waals surface area (Å²) in [6, 6.07) is 20.2. The average molecular weight is 402 g/mol. The van der Waals surface area contributed by atoms with Crippen molar-refractivity contribution in [3.8, 4) is 0 Å². The Morgan fingerprint density at radius 1 is 1.00 bits per heavy atom. The number of amides is 2. The zero-order chi connectivity index (χ0) is 20.6. The summed E-state index contributed by atoms with van der Waals surface area (Å²) >= 11 is 0. The van der Waals surface area contributed by atoms with Gasteiger partial charge in [-0.05, 0) is 43.4 Å². The standard InChI is InChI=1S/C25H27N3O2/c29-23(22-17-20-9-4-5-10-21(20)26-22)28-16-13-25(18-28)12-6-14-27(24(25)30)15-11-19-7-2-1-3-8-19/h1-5,7-10,17,26H,6,11-16,18H2/t25-/m0/s1. The molecule has 0 radical (unpaired) electrons. The van der Waals surface area contributed by atoms with Crippen LogP contribution in [0, 0.1) is 5.41 Å². The summed E-state index contributed by atoms with van der Waals surface area (Å²) in [7, 11) is 0. The van der Waals surface area contributed by atoms with Gasteiger partial charge in [-0.2, -0.15) is 0 Å². The topological polar surface area (TPSA) is 56.4 Å². The number of rotatable bonds is 4. The third-order valence-electron chi connectivity index (χ3n) is 6.74. The molecule has 0 bridgehead atoms. The highest BCUT2D eigenvalue weighted by Crippen LogP contribution is 2.40. The van der Waals surface area contributed by atoms with Crippen LogP contribution in [0.2, 0.25) is 0 Å². The normalized spacial score (nSPS) is 21.7. The Morgan fingerprint density at radius 2 is 1.80 bits per heavy atom. The maximum atomic E-state index is 13.4. The number of aromatic amines is 1. The van der Waals surface area contributed by atoms with Gasteiger partial charge in [0.1, 0.15) is 5.69 Å². The number of nitrogens with zero attached hydrogens (tertiary/aromatic N) is 2. The third-order valence-corrected chi connectivity index (χ3v) is 6.74. The number of piperidine rings is 1. The van der Waals surface area contributed by atoms with Gasteiger partial charge in [-0.25, -0.2) is 0 Å². The van der Waals surface area contributed by atoms with E-state index in [4.69, 9.17) is 0 Å². The van der Waals surface area contributed by atoms with Crippen molar-refractivity contribution < 1.29 is 9.59 Å². The van der Waals surface area contributed by atoms with Gasteiger partial charge in [-0.1, -0.05) is 48.5 Å². The van der Waals surface area contributed by atoms with Crippen LogP contribution >= 0.6 is 0 Å². The van der Waals surface area contributed by atoms with Gasteiger partial charge in [0, 0.05) is 37.1 Å². The van der Waals surface area contributed by atoms with Crippen LogP contribution in [0.25, 0.3) is 10.9 Å². The van der Waals surface area contributed by atoms with Gasteiger partial charge < -0.3 is 14.8 Å². The molecular weight excluding hydrogens is 374 g/mol. The number of carbonyl (C=O) groups excluding carboxylic acids is 2. The summed E-state index contributed by atoms with van der Waals surface area (Å²) in [6.45, 7) is 2.75. The van der Waals surface area contributed by atoms with E-state index in [0.717, 1.165) is 49.7 Å². The number of nitrogens with one attached hydrogen (secondary N) is 1. The van der Waals surface area contributed by atoms with Crippen LogP contribution in [-0.4, -0.2) is 52.8 Å². The fraction of sp³-hybridized carbons (Fsp3) is 0.360. The Morgan fingerprint density at radius 3 is 2.63 bits per heavy atom. The second-order valence-corrected chi connectivity index (χ2v) is 8.66. The number of H-pyrrole nitrogens is 1. The quantitative estimate of drug-likeness (QED) is 0.722. The first kappa shape index (κ1) is 18.9. The molecule has 1 N–H and O–H groups in total. The summed E-state index contributed by atoms with van der Waals surface area (Å²) < 4.78 is 0. The number of hydrogen-bond donors (Lipinski definition) is 1. The van der Waals surface area contributed by atoms with Gasteiger partial charge >= 0.3 is 0 Å². The highest BCUT2D eigenvalue weighted by atomic mass is 16.2. The molecule has 2 amide bonds. The van der Waals surface area contributed by atoms with E-state index in [1.165, 1.54) is 5.56 Å².